The Labute approximate surface area is 131 Å². The summed E-state index contributed by atoms with van der Waals surface area (Å²) in [5, 5.41) is 18.7. The first-order valence-corrected chi connectivity index (χ1v) is 7.86. The molecule has 2 atom stereocenters. The molecular weight excluding hydrogens is 281 g/mol. The summed E-state index contributed by atoms with van der Waals surface area (Å²) in [4.78, 5) is 4.64. The summed E-state index contributed by atoms with van der Waals surface area (Å²) in [6, 6.07) is 6.91. The topological polar surface area (TPSA) is 50.5 Å². The van der Waals surface area contributed by atoms with Crippen LogP contribution in [0.15, 0.2) is 18.2 Å². The molecule has 0 bridgehead atoms. The van der Waals surface area contributed by atoms with Gasteiger partial charge in [-0.2, -0.15) is 5.26 Å². The number of aliphatic hydroxyl groups excluding tert-OH is 1. The highest BCUT2D eigenvalue weighted by Gasteiger charge is 2.26. The first kappa shape index (κ1) is 16.9. The van der Waals surface area contributed by atoms with Gasteiger partial charge in [0.25, 0.3) is 0 Å². The molecule has 1 aromatic carbocycles. The van der Waals surface area contributed by atoms with E-state index in [0.29, 0.717) is 24.7 Å². The van der Waals surface area contributed by atoms with Gasteiger partial charge >= 0.3 is 0 Å². The van der Waals surface area contributed by atoms with Gasteiger partial charge in [-0.1, -0.05) is 13.0 Å². The lowest BCUT2D eigenvalue weighted by Gasteiger charge is -2.41. The molecular formula is C17H24FN3O. The number of β-amino-alcohol motifs (C(OH)–C–C–N with tert-alkyl or cyclic N) is 1. The van der Waals surface area contributed by atoms with Gasteiger partial charge in [0, 0.05) is 38.8 Å². The smallest absolute Gasteiger partial charge is 0.124 e. The summed E-state index contributed by atoms with van der Waals surface area (Å²) >= 11 is 0. The van der Waals surface area contributed by atoms with Crippen molar-refractivity contribution in [2.45, 2.75) is 39.0 Å². The minimum absolute atomic E-state index is 0.317. The van der Waals surface area contributed by atoms with Crippen LogP contribution in [0.1, 0.15) is 31.4 Å². The third kappa shape index (κ3) is 4.26. The maximum absolute atomic E-state index is 13.2. The minimum atomic E-state index is -0.367. The predicted octanol–water partition coefficient (Wildman–Crippen LogP) is 1.97. The van der Waals surface area contributed by atoms with E-state index in [-0.39, 0.29) is 11.9 Å². The third-order valence-electron chi connectivity index (χ3n) is 4.25. The molecule has 1 aliphatic heterocycles. The Morgan fingerprint density at radius 3 is 2.86 bits per heavy atom. The summed E-state index contributed by atoms with van der Waals surface area (Å²) in [6.07, 6.45) is 0.709. The monoisotopic (exact) mass is 305 g/mol. The van der Waals surface area contributed by atoms with Gasteiger partial charge < -0.3 is 5.11 Å². The van der Waals surface area contributed by atoms with Crippen molar-refractivity contribution in [3.8, 4) is 6.07 Å². The number of aliphatic hydroxyl groups is 1. The summed E-state index contributed by atoms with van der Waals surface area (Å²) in [6.45, 7) is 8.05. The van der Waals surface area contributed by atoms with Gasteiger partial charge in [-0.25, -0.2) is 4.39 Å². The largest absolute Gasteiger partial charge is 0.392 e. The summed E-state index contributed by atoms with van der Waals surface area (Å²) in [5.74, 6) is -0.367. The fourth-order valence-corrected chi connectivity index (χ4v) is 3.10. The van der Waals surface area contributed by atoms with Crippen molar-refractivity contribution < 1.29 is 9.50 Å². The molecule has 0 radical (unpaired) electrons. The van der Waals surface area contributed by atoms with Crippen LogP contribution in [0.3, 0.4) is 0 Å². The number of nitriles is 1. The van der Waals surface area contributed by atoms with E-state index in [1.165, 1.54) is 12.1 Å². The van der Waals surface area contributed by atoms with Crippen LogP contribution in [0.5, 0.6) is 0 Å². The standard InChI is InChI=1S/C17H24FN3O/c1-3-17-12-20(6-7-21(17)10-13(2)22)11-14-4-5-16(18)8-15(14)9-19/h4-5,8,13,17,22H,3,6-7,10-12H2,1-2H3/t13-,17+/m0/s1. The van der Waals surface area contributed by atoms with Gasteiger partial charge in [0.05, 0.1) is 17.7 Å². The lowest BCUT2D eigenvalue weighted by atomic mass is 10.0. The molecule has 22 heavy (non-hydrogen) atoms. The van der Waals surface area contributed by atoms with Gasteiger partial charge in [0.2, 0.25) is 0 Å². The Kier molecular flexibility index (Phi) is 5.90. The molecule has 1 saturated heterocycles. The van der Waals surface area contributed by atoms with E-state index in [2.05, 4.69) is 22.8 Å². The van der Waals surface area contributed by atoms with Crippen molar-refractivity contribution in [1.82, 2.24) is 9.80 Å². The highest BCUT2D eigenvalue weighted by molar-refractivity contribution is 5.37. The molecule has 1 aromatic rings. The van der Waals surface area contributed by atoms with Crippen molar-refractivity contribution in [1.29, 1.82) is 5.26 Å². The van der Waals surface area contributed by atoms with Crippen LogP contribution in [0.2, 0.25) is 0 Å². The molecule has 0 unspecified atom stereocenters. The van der Waals surface area contributed by atoms with E-state index in [0.717, 1.165) is 31.6 Å². The maximum atomic E-state index is 13.2. The van der Waals surface area contributed by atoms with Crippen LogP contribution < -0.4 is 0 Å². The molecule has 2 rings (SSSR count). The fourth-order valence-electron chi connectivity index (χ4n) is 3.10. The van der Waals surface area contributed by atoms with Crippen molar-refractivity contribution in [2.75, 3.05) is 26.2 Å². The van der Waals surface area contributed by atoms with Crippen LogP contribution in [0, 0.1) is 17.1 Å². The molecule has 0 spiro atoms. The molecule has 0 amide bonds. The highest BCUT2D eigenvalue weighted by atomic mass is 19.1. The Hall–Kier alpha value is -1.48. The van der Waals surface area contributed by atoms with Gasteiger partial charge in [-0.3, -0.25) is 9.80 Å². The van der Waals surface area contributed by atoms with Gasteiger partial charge in [-0.15, -0.1) is 0 Å². The first-order chi connectivity index (χ1) is 10.5. The lowest BCUT2D eigenvalue weighted by Crippen LogP contribution is -2.54. The van der Waals surface area contributed by atoms with Crippen LogP contribution in [0.25, 0.3) is 0 Å². The average Bonchev–Trinajstić information content (AvgIpc) is 2.49. The summed E-state index contributed by atoms with van der Waals surface area (Å²) < 4.78 is 13.2. The molecule has 1 aliphatic rings. The van der Waals surface area contributed by atoms with Crippen molar-refractivity contribution in [2.24, 2.45) is 0 Å². The zero-order chi connectivity index (χ0) is 16.1. The third-order valence-corrected chi connectivity index (χ3v) is 4.25. The zero-order valence-electron chi connectivity index (χ0n) is 13.3. The van der Waals surface area contributed by atoms with Crippen molar-refractivity contribution in [3.63, 3.8) is 0 Å². The second-order valence-corrected chi connectivity index (χ2v) is 6.05. The molecule has 1 N–H and O–H groups in total. The number of piperazine rings is 1. The second-order valence-electron chi connectivity index (χ2n) is 6.05. The molecule has 0 aliphatic carbocycles. The molecule has 4 nitrogen and oxygen atoms in total. The number of benzene rings is 1. The Morgan fingerprint density at radius 2 is 2.23 bits per heavy atom. The second kappa shape index (κ2) is 7.68. The van der Waals surface area contributed by atoms with E-state index >= 15 is 0 Å². The SMILES string of the molecule is CC[C@@H]1CN(Cc2ccc(F)cc2C#N)CCN1C[C@H](C)O. The highest BCUT2D eigenvalue weighted by Crippen LogP contribution is 2.18. The average molecular weight is 305 g/mol. The van der Waals surface area contributed by atoms with Crippen LogP contribution in [-0.4, -0.2) is 53.2 Å². The van der Waals surface area contributed by atoms with Gasteiger partial charge in [-0.05, 0) is 31.0 Å². The Bertz CT molecular complexity index is 541. The molecule has 1 fully saturated rings. The quantitative estimate of drug-likeness (QED) is 0.904. The van der Waals surface area contributed by atoms with Gasteiger partial charge in [0.15, 0.2) is 0 Å². The Balaban J connectivity index is 2.02. The maximum Gasteiger partial charge on any atom is 0.124 e. The van der Waals surface area contributed by atoms with E-state index in [4.69, 9.17) is 5.26 Å². The molecule has 0 saturated carbocycles. The lowest BCUT2D eigenvalue weighted by molar-refractivity contribution is 0.0337. The van der Waals surface area contributed by atoms with Crippen LogP contribution >= 0.6 is 0 Å². The van der Waals surface area contributed by atoms with Gasteiger partial charge in [0.1, 0.15) is 5.82 Å². The molecule has 120 valence electrons. The van der Waals surface area contributed by atoms with Crippen LogP contribution in [0.4, 0.5) is 4.39 Å². The molecule has 1 heterocycles. The van der Waals surface area contributed by atoms with E-state index in [1.54, 1.807) is 6.07 Å². The number of nitrogens with zero attached hydrogens (tertiary/aromatic N) is 3. The number of hydrogen-bond donors (Lipinski definition) is 1. The van der Waals surface area contributed by atoms with Crippen LogP contribution in [-0.2, 0) is 6.54 Å². The molecule has 0 aromatic heterocycles. The summed E-state index contributed by atoms with van der Waals surface area (Å²) in [7, 11) is 0. The Morgan fingerprint density at radius 1 is 1.45 bits per heavy atom. The molecule has 5 heteroatoms. The normalized spacial score (nSPS) is 21.5. The van der Waals surface area contributed by atoms with E-state index < -0.39 is 0 Å². The van der Waals surface area contributed by atoms with E-state index in [1.807, 2.05) is 6.92 Å². The number of hydrogen-bond acceptors (Lipinski definition) is 4. The summed E-state index contributed by atoms with van der Waals surface area (Å²) in [5.41, 5.74) is 1.29. The minimum Gasteiger partial charge on any atom is -0.392 e. The number of rotatable bonds is 5. The first-order valence-electron chi connectivity index (χ1n) is 7.86. The zero-order valence-corrected chi connectivity index (χ0v) is 13.3. The van der Waals surface area contributed by atoms with E-state index in [9.17, 15) is 9.50 Å². The van der Waals surface area contributed by atoms with Crippen molar-refractivity contribution in [3.05, 3.63) is 35.1 Å². The van der Waals surface area contributed by atoms with Crippen molar-refractivity contribution >= 4 is 0 Å². The fraction of sp³-hybridized carbons (Fsp3) is 0.588. The predicted molar refractivity (Wildman–Crippen MR) is 83.7 cm³/mol. The number of halogens is 1.